The van der Waals surface area contributed by atoms with E-state index in [1.807, 2.05) is 30.3 Å². The predicted octanol–water partition coefficient (Wildman–Crippen LogP) is 6.14. The summed E-state index contributed by atoms with van der Waals surface area (Å²) >= 11 is 0. The van der Waals surface area contributed by atoms with Gasteiger partial charge in [0.05, 0.1) is 6.42 Å². The summed E-state index contributed by atoms with van der Waals surface area (Å²) in [5.74, 6) is -0.233. The minimum atomic E-state index is -0.967. The second-order valence-corrected chi connectivity index (χ2v) is 8.55. The molecule has 0 bridgehead atoms. The summed E-state index contributed by atoms with van der Waals surface area (Å²) in [6, 6.07) is 29.8. The minimum Gasteiger partial charge on any atom is -0.481 e. The molecule has 0 atom stereocenters. The highest BCUT2D eigenvalue weighted by Crippen LogP contribution is 2.25. The number of rotatable bonds is 8. The van der Waals surface area contributed by atoms with Gasteiger partial charge in [-0.3, -0.25) is 19.4 Å². The lowest BCUT2D eigenvalue weighted by atomic mass is 9.98. The number of fused-ring (bicyclic) bond motifs is 1. The Kier molecular flexibility index (Phi) is 6.91. The number of carbonyl (C=O) groups excluding carboxylic acids is 2. The fraction of sp³-hybridized carbons (Fsp3) is 0.0323. The molecule has 38 heavy (non-hydrogen) atoms. The summed E-state index contributed by atoms with van der Waals surface area (Å²) in [4.78, 5) is 41.4. The van der Waals surface area contributed by atoms with E-state index < -0.39 is 5.97 Å². The quantitative estimate of drug-likeness (QED) is 0.247. The number of para-hydroxylation sites is 1. The minimum absolute atomic E-state index is 0.181. The van der Waals surface area contributed by atoms with Crippen LogP contribution in [0.25, 0.3) is 10.8 Å². The van der Waals surface area contributed by atoms with Gasteiger partial charge in [0, 0.05) is 28.4 Å². The summed E-state index contributed by atoms with van der Waals surface area (Å²) in [6.45, 7) is 0. The zero-order valence-corrected chi connectivity index (χ0v) is 20.1. The SMILES string of the molecule is O=C(O)Cc1cnc(C(=O)c2ccc(NC(=O)c3ccc(Oc4ccccc4)cc3)cc2)c2ccccc12. The van der Waals surface area contributed by atoms with Crippen LogP contribution in [0.3, 0.4) is 0 Å². The molecule has 5 rings (SSSR count). The van der Waals surface area contributed by atoms with Gasteiger partial charge in [0.1, 0.15) is 17.2 Å². The Hall–Kier alpha value is -5.30. The van der Waals surface area contributed by atoms with Gasteiger partial charge in [-0.1, -0.05) is 42.5 Å². The molecule has 0 saturated carbocycles. The molecule has 5 aromatic rings. The number of ether oxygens (including phenoxy) is 1. The van der Waals surface area contributed by atoms with E-state index in [1.165, 1.54) is 6.20 Å². The molecular formula is C31H22N2O5. The molecule has 7 heteroatoms. The Bertz CT molecular complexity index is 1630. The van der Waals surface area contributed by atoms with Crippen LogP contribution in [0, 0.1) is 0 Å². The van der Waals surface area contributed by atoms with Gasteiger partial charge >= 0.3 is 5.97 Å². The molecule has 0 aliphatic carbocycles. The maximum absolute atomic E-state index is 13.2. The van der Waals surface area contributed by atoms with E-state index in [2.05, 4.69) is 10.3 Å². The predicted molar refractivity (Wildman–Crippen MR) is 144 cm³/mol. The number of nitrogens with zero attached hydrogens (tertiary/aromatic N) is 1. The van der Waals surface area contributed by atoms with Crippen LogP contribution in [-0.4, -0.2) is 27.8 Å². The molecule has 1 aromatic heterocycles. The number of benzene rings is 4. The van der Waals surface area contributed by atoms with Crippen molar-refractivity contribution in [3.63, 3.8) is 0 Å². The van der Waals surface area contributed by atoms with Crippen molar-refractivity contribution in [1.29, 1.82) is 0 Å². The van der Waals surface area contributed by atoms with E-state index in [1.54, 1.807) is 72.8 Å². The first-order valence-corrected chi connectivity index (χ1v) is 11.9. The number of hydrogen-bond donors (Lipinski definition) is 2. The number of pyridine rings is 1. The largest absolute Gasteiger partial charge is 0.481 e. The lowest BCUT2D eigenvalue weighted by Gasteiger charge is -2.10. The maximum atomic E-state index is 13.2. The van der Waals surface area contributed by atoms with Crippen LogP contribution in [0.15, 0.2) is 109 Å². The topological polar surface area (TPSA) is 106 Å². The van der Waals surface area contributed by atoms with Gasteiger partial charge in [0.15, 0.2) is 0 Å². The molecular weight excluding hydrogens is 480 g/mol. The van der Waals surface area contributed by atoms with Crippen LogP contribution >= 0.6 is 0 Å². The number of anilines is 1. The van der Waals surface area contributed by atoms with E-state index in [-0.39, 0.29) is 23.8 Å². The zero-order valence-electron chi connectivity index (χ0n) is 20.1. The van der Waals surface area contributed by atoms with Crippen LogP contribution in [0.4, 0.5) is 5.69 Å². The summed E-state index contributed by atoms with van der Waals surface area (Å²) in [5.41, 5.74) is 2.18. The first-order valence-electron chi connectivity index (χ1n) is 11.9. The van der Waals surface area contributed by atoms with Crippen molar-refractivity contribution in [1.82, 2.24) is 4.98 Å². The first-order chi connectivity index (χ1) is 18.5. The van der Waals surface area contributed by atoms with Crippen molar-refractivity contribution >= 4 is 34.1 Å². The van der Waals surface area contributed by atoms with Gasteiger partial charge < -0.3 is 15.2 Å². The second kappa shape index (κ2) is 10.8. The summed E-state index contributed by atoms with van der Waals surface area (Å²) in [6.07, 6.45) is 1.26. The van der Waals surface area contributed by atoms with Crippen molar-refractivity contribution < 1.29 is 24.2 Å². The van der Waals surface area contributed by atoms with E-state index in [4.69, 9.17) is 4.74 Å². The Morgan fingerprint density at radius 2 is 1.32 bits per heavy atom. The highest BCUT2D eigenvalue weighted by Gasteiger charge is 2.17. The lowest BCUT2D eigenvalue weighted by molar-refractivity contribution is -0.136. The molecule has 0 fully saturated rings. The molecule has 186 valence electrons. The van der Waals surface area contributed by atoms with Crippen molar-refractivity contribution in [3.05, 3.63) is 132 Å². The number of hydrogen-bond acceptors (Lipinski definition) is 5. The number of carbonyl (C=O) groups is 3. The van der Waals surface area contributed by atoms with Crippen molar-refractivity contribution in [2.45, 2.75) is 6.42 Å². The maximum Gasteiger partial charge on any atom is 0.307 e. The number of carboxylic acid groups (broad SMARTS) is 1. The van der Waals surface area contributed by atoms with E-state index in [0.717, 1.165) is 0 Å². The van der Waals surface area contributed by atoms with Gasteiger partial charge in [-0.05, 0) is 71.6 Å². The summed E-state index contributed by atoms with van der Waals surface area (Å²) < 4.78 is 5.76. The van der Waals surface area contributed by atoms with Gasteiger partial charge in [-0.15, -0.1) is 0 Å². The van der Waals surface area contributed by atoms with E-state index in [9.17, 15) is 19.5 Å². The number of nitrogens with one attached hydrogen (secondary N) is 1. The van der Waals surface area contributed by atoms with Gasteiger partial charge in [-0.2, -0.15) is 0 Å². The fourth-order valence-corrected chi connectivity index (χ4v) is 4.08. The summed E-state index contributed by atoms with van der Waals surface area (Å²) in [5, 5.41) is 13.3. The third-order valence-corrected chi connectivity index (χ3v) is 5.93. The molecule has 0 aliphatic heterocycles. The van der Waals surface area contributed by atoms with E-state index >= 15 is 0 Å². The number of carboxylic acids is 1. The highest BCUT2D eigenvalue weighted by atomic mass is 16.5. The molecule has 1 amide bonds. The highest BCUT2D eigenvalue weighted by molar-refractivity contribution is 6.15. The Morgan fingerprint density at radius 3 is 2.00 bits per heavy atom. The average molecular weight is 503 g/mol. The summed E-state index contributed by atoms with van der Waals surface area (Å²) in [7, 11) is 0. The lowest BCUT2D eigenvalue weighted by Crippen LogP contribution is -2.12. The van der Waals surface area contributed by atoms with Crippen molar-refractivity contribution in [3.8, 4) is 11.5 Å². The van der Waals surface area contributed by atoms with Crippen LogP contribution < -0.4 is 10.1 Å². The van der Waals surface area contributed by atoms with Gasteiger partial charge in [-0.25, -0.2) is 0 Å². The molecule has 4 aromatic carbocycles. The molecule has 0 unspecified atom stereocenters. The standard InChI is InChI=1S/C31H22N2O5/c34-28(35)18-22-19-32-29(27-9-5-4-8-26(22)27)30(36)20-10-14-23(15-11-20)33-31(37)21-12-16-25(17-13-21)38-24-6-2-1-3-7-24/h1-17,19H,18H2,(H,33,37)(H,34,35). The Labute approximate surface area is 218 Å². The molecule has 0 saturated heterocycles. The average Bonchev–Trinajstić information content (AvgIpc) is 2.94. The molecule has 0 radical (unpaired) electrons. The van der Waals surface area contributed by atoms with E-state index in [0.29, 0.717) is 44.6 Å². The third kappa shape index (κ3) is 5.42. The molecule has 0 aliphatic rings. The molecule has 7 nitrogen and oxygen atoms in total. The van der Waals surface area contributed by atoms with Crippen LogP contribution in [0.2, 0.25) is 0 Å². The zero-order chi connectivity index (χ0) is 26.5. The Balaban J connectivity index is 1.28. The molecule has 0 spiro atoms. The smallest absolute Gasteiger partial charge is 0.307 e. The van der Waals surface area contributed by atoms with Gasteiger partial charge in [0.25, 0.3) is 5.91 Å². The van der Waals surface area contributed by atoms with Crippen LogP contribution in [-0.2, 0) is 11.2 Å². The van der Waals surface area contributed by atoms with Gasteiger partial charge in [0.2, 0.25) is 5.78 Å². The Morgan fingerprint density at radius 1 is 0.711 bits per heavy atom. The second-order valence-electron chi connectivity index (χ2n) is 8.55. The molecule has 2 N–H and O–H groups in total. The van der Waals surface area contributed by atoms with Crippen molar-refractivity contribution in [2.75, 3.05) is 5.32 Å². The normalized spacial score (nSPS) is 10.6. The van der Waals surface area contributed by atoms with Crippen LogP contribution in [0.5, 0.6) is 11.5 Å². The number of aromatic nitrogens is 1. The van der Waals surface area contributed by atoms with Crippen molar-refractivity contribution in [2.24, 2.45) is 0 Å². The number of aliphatic carboxylic acids is 1. The first kappa shape index (κ1) is 24.4. The van der Waals surface area contributed by atoms with Crippen LogP contribution in [0.1, 0.15) is 32.0 Å². The third-order valence-electron chi connectivity index (χ3n) is 5.93. The molecule has 1 heterocycles. The monoisotopic (exact) mass is 502 g/mol. The number of amides is 1. The number of ketones is 1. The fourth-order valence-electron chi connectivity index (χ4n) is 4.08.